The average Bonchev–Trinajstić information content (AvgIpc) is 3.38. The molecule has 0 aromatic heterocycles. The second kappa shape index (κ2) is 8.30. The molecule has 1 N–H and O–H groups in total. The Hall–Kier alpha value is -2.76. The fraction of sp³-hybridized carbons (Fsp3) is 0.462. The maximum absolute atomic E-state index is 14.3. The molecule has 2 aliphatic carbocycles. The molecule has 168 valence electrons. The highest BCUT2D eigenvalue weighted by Crippen LogP contribution is 2.40. The first-order valence-corrected chi connectivity index (χ1v) is 11.6. The van der Waals surface area contributed by atoms with E-state index in [0.29, 0.717) is 19.4 Å². The highest BCUT2D eigenvalue weighted by Gasteiger charge is 2.52. The van der Waals surface area contributed by atoms with E-state index in [4.69, 9.17) is 0 Å². The van der Waals surface area contributed by atoms with Gasteiger partial charge in [-0.1, -0.05) is 42.8 Å². The molecule has 1 saturated heterocycles. The third-order valence-electron chi connectivity index (χ3n) is 7.23. The van der Waals surface area contributed by atoms with E-state index in [0.717, 1.165) is 36.0 Å². The van der Waals surface area contributed by atoms with Crippen LogP contribution in [-0.4, -0.2) is 41.0 Å². The summed E-state index contributed by atoms with van der Waals surface area (Å²) in [6.07, 6.45) is 4.66. The Morgan fingerprint density at radius 1 is 1.03 bits per heavy atom. The number of nitrogens with zero attached hydrogens (tertiary/aromatic N) is 1. The van der Waals surface area contributed by atoms with E-state index in [1.165, 1.54) is 12.1 Å². The van der Waals surface area contributed by atoms with Gasteiger partial charge < -0.3 is 10.2 Å². The molecule has 2 aromatic carbocycles. The summed E-state index contributed by atoms with van der Waals surface area (Å²) < 4.78 is 28.0. The molecule has 0 spiro atoms. The van der Waals surface area contributed by atoms with E-state index in [1.54, 1.807) is 6.07 Å². The average molecular weight is 439 g/mol. The molecule has 0 radical (unpaired) electrons. The molecule has 1 aliphatic heterocycles. The number of alkyl halides is 1. The number of amides is 2. The van der Waals surface area contributed by atoms with Crippen LogP contribution in [0, 0.1) is 11.7 Å². The van der Waals surface area contributed by atoms with Gasteiger partial charge in [0.15, 0.2) is 5.67 Å². The predicted octanol–water partition coefficient (Wildman–Crippen LogP) is 4.42. The first kappa shape index (κ1) is 21.1. The predicted molar refractivity (Wildman–Crippen MR) is 118 cm³/mol. The standard InChI is InChI=1S/C26H28F2N2O2/c27-21-9-3-8-20(16-21)19-7-1-4-17(14-19)15-23-22(29-25(32)26(28)11-12-26)10-13-30(23)24(31)18-5-2-6-18/h1,3-4,7-9,14,16,18,22-23H,2,5-6,10-13,15H2,(H,29,32)/t22-,23-/m0/s1. The summed E-state index contributed by atoms with van der Waals surface area (Å²) in [7, 11) is 0. The van der Waals surface area contributed by atoms with Crippen LogP contribution >= 0.6 is 0 Å². The van der Waals surface area contributed by atoms with Crippen molar-refractivity contribution in [1.29, 1.82) is 0 Å². The van der Waals surface area contributed by atoms with Gasteiger partial charge in [-0.2, -0.15) is 0 Å². The highest BCUT2D eigenvalue weighted by molar-refractivity contribution is 5.88. The van der Waals surface area contributed by atoms with Crippen LogP contribution in [0.3, 0.4) is 0 Å². The van der Waals surface area contributed by atoms with Gasteiger partial charge in [0, 0.05) is 12.5 Å². The quantitative estimate of drug-likeness (QED) is 0.726. The Bertz CT molecular complexity index is 1030. The number of rotatable bonds is 6. The maximum atomic E-state index is 14.3. The molecular weight excluding hydrogens is 410 g/mol. The van der Waals surface area contributed by atoms with Crippen molar-refractivity contribution < 1.29 is 18.4 Å². The van der Waals surface area contributed by atoms with Gasteiger partial charge in [0.05, 0.1) is 12.1 Å². The zero-order valence-electron chi connectivity index (χ0n) is 18.0. The molecule has 5 rings (SSSR count). The summed E-state index contributed by atoms with van der Waals surface area (Å²) in [6, 6.07) is 13.8. The largest absolute Gasteiger partial charge is 0.348 e. The Morgan fingerprint density at radius 3 is 2.41 bits per heavy atom. The van der Waals surface area contributed by atoms with Crippen molar-refractivity contribution in [3.8, 4) is 11.1 Å². The van der Waals surface area contributed by atoms with Crippen LogP contribution in [0.5, 0.6) is 0 Å². The smallest absolute Gasteiger partial charge is 0.257 e. The molecule has 1 heterocycles. The summed E-state index contributed by atoms with van der Waals surface area (Å²) in [5.74, 6) is -0.606. The lowest BCUT2D eigenvalue weighted by Crippen LogP contribution is -2.51. The summed E-state index contributed by atoms with van der Waals surface area (Å²) in [5, 5.41) is 2.91. The van der Waals surface area contributed by atoms with Gasteiger partial charge in [-0.15, -0.1) is 0 Å². The Kier molecular flexibility index (Phi) is 5.48. The van der Waals surface area contributed by atoms with Crippen LogP contribution in [0.15, 0.2) is 48.5 Å². The van der Waals surface area contributed by atoms with Crippen LogP contribution in [0.4, 0.5) is 8.78 Å². The summed E-state index contributed by atoms with van der Waals surface area (Å²) >= 11 is 0. The van der Waals surface area contributed by atoms with Crippen molar-refractivity contribution in [1.82, 2.24) is 10.2 Å². The first-order valence-electron chi connectivity index (χ1n) is 11.6. The van der Waals surface area contributed by atoms with Crippen molar-refractivity contribution in [2.45, 2.75) is 62.7 Å². The van der Waals surface area contributed by atoms with Gasteiger partial charge in [0.25, 0.3) is 5.91 Å². The second-order valence-corrected chi connectivity index (χ2v) is 9.48. The summed E-state index contributed by atoms with van der Waals surface area (Å²) in [6.45, 7) is 0.577. The van der Waals surface area contributed by atoms with Crippen molar-refractivity contribution in [2.24, 2.45) is 5.92 Å². The van der Waals surface area contributed by atoms with Gasteiger partial charge >= 0.3 is 0 Å². The molecule has 2 atom stereocenters. The molecular formula is C26H28F2N2O2. The van der Waals surface area contributed by atoms with Crippen LogP contribution < -0.4 is 5.32 Å². The van der Waals surface area contributed by atoms with E-state index >= 15 is 0 Å². The molecule has 0 unspecified atom stereocenters. The monoisotopic (exact) mass is 438 g/mol. The fourth-order valence-electron chi connectivity index (χ4n) is 4.86. The van der Waals surface area contributed by atoms with Crippen molar-refractivity contribution in [2.75, 3.05) is 6.54 Å². The van der Waals surface area contributed by atoms with Gasteiger partial charge in [-0.05, 0) is 67.3 Å². The van der Waals surface area contributed by atoms with Crippen LogP contribution in [0.1, 0.15) is 44.1 Å². The van der Waals surface area contributed by atoms with Crippen LogP contribution in [0.2, 0.25) is 0 Å². The second-order valence-electron chi connectivity index (χ2n) is 9.48. The summed E-state index contributed by atoms with van der Waals surface area (Å²) in [4.78, 5) is 27.4. The van der Waals surface area contributed by atoms with E-state index in [2.05, 4.69) is 5.32 Å². The van der Waals surface area contributed by atoms with Crippen molar-refractivity contribution >= 4 is 11.8 Å². The lowest BCUT2D eigenvalue weighted by molar-refractivity contribution is -0.139. The van der Waals surface area contributed by atoms with E-state index in [9.17, 15) is 18.4 Å². The Morgan fingerprint density at radius 2 is 1.75 bits per heavy atom. The van der Waals surface area contributed by atoms with Gasteiger partial charge in [0.2, 0.25) is 5.91 Å². The number of hydrogen-bond acceptors (Lipinski definition) is 2. The van der Waals surface area contributed by atoms with Crippen molar-refractivity contribution in [3.05, 3.63) is 59.9 Å². The lowest BCUT2D eigenvalue weighted by Gasteiger charge is -2.34. The SMILES string of the molecule is O=C(C1CCC1)N1CC[C@H](NC(=O)C2(F)CC2)[C@@H]1Cc1cccc(-c2cccc(F)c2)c1. The normalized spacial score (nSPS) is 24.1. The van der Waals surface area contributed by atoms with Gasteiger partial charge in [-0.3, -0.25) is 9.59 Å². The zero-order chi connectivity index (χ0) is 22.3. The van der Waals surface area contributed by atoms with E-state index in [-0.39, 0.29) is 42.6 Å². The van der Waals surface area contributed by atoms with Gasteiger partial charge in [-0.25, -0.2) is 8.78 Å². The molecule has 2 amide bonds. The fourth-order valence-corrected chi connectivity index (χ4v) is 4.86. The number of carbonyl (C=O) groups excluding carboxylic acids is 2. The molecule has 6 heteroatoms. The lowest BCUT2D eigenvalue weighted by atomic mass is 9.84. The number of likely N-dealkylation sites (tertiary alicyclic amines) is 1. The third-order valence-corrected chi connectivity index (χ3v) is 7.23. The number of benzene rings is 2. The first-order chi connectivity index (χ1) is 15.4. The number of halogens is 2. The molecule has 3 fully saturated rings. The van der Waals surface area contributed by atoms with Crippen molar-refractivity contribution in [3.63, 3.8) is 0 Å². The maximum Gasteiger partial charge on any atom is 0.257 e. The zero-order valence-corrected chi connectivity index (χ0v) is 18.0. The topological polar surface area (TPSA) is 49.4 Å². The van der Waals surface area contributed by atoms with E-state index < -0.39 is 11.6 Å². The molecule has 3 aliphatic rings. The van der Waals surface area contributed by atoms with Crippen LogP contribution in [0.25, 0.3) is 11.1 Å². The number of carbonyl (C=O) groups is 2. The summed E-state index contributed by atoms with van der Waals surface area (Å²) in [5.41, 5.74) is 0.968. The molecule has 0 bridgehead atoms. The van der Waals surface area contributed by atoms with E-state index in [1.807, 2.05) is 35.2 Å². The molecule has 4 nitrogen and oxygen atoms in total. The minimum atomic E-state index is -1.73. The third kappa shape index (κ3) is 4.15. The number of nitrogens with one attached hydrogen (secondary N) is 1. The number of hydrogen-bond donors (Lipinski definition) is 1. The van der Waals surface area contributed by atoms with Crippen LogP contribution in [-0.2, 0) is 16.0 Å². The molecule has 2 aromatic rings. The highest BCUT2D eigenvalue weighted by atomic mass is 19.1. The molecule has 2 saturated carbocycles. The molecule has 32 heavy (non-hydrogen) atoms. The minimum absolute atomic E-state index is 0.0709. The minimum Gasteiger partial charge on any atom is -0.348 e. The Balaban J connectivity index is 1.38. The Labute approximate surface area is 187 Å². The van der Waals surface area contributed by atoms with Gasteiger partial charge in [0.1, 0.15) is 5.82 Å².